The van der Waals surface area contributed by atoms with Gasteiger partial charge in [0.15, 0.2) is 0 Å². The van der Waals surface area contributed by atoms with Crippen LogP contribution in [0.15, 0.2) is 84.7 Å². The molecule has 0 radical (unpaired) electrons. The largest absolute Gasteiger partial charge is 0.507 e. The Morgan fingerprint density at radius 1 is 1.06 bits per heavy atom. The lowest BCUT2D eigenvalue weighted by Crippen LogP contribution is -2.29. The van der Waals surface area contributed by atoms with Crippen molar-refractivity contribution < 1.29 is 14.7 Å². The van der Waals surface area contributed by atoms with E-state index in [1.54, 1.807) is 18.5 Å². The fourth-order valence-corrected chi connectivity index (χ4v) is 4.31. The molecule has 1 aliphatic heterocycles. The van der Waals surface area contributed by atoms with Gasteiger partial charge in [-0.2, -0.15) is 0 Å². The zero-order valence-corrected chi connectivity index (χ0v) is 17.4. The molecule has 1 aliphatic rings. The number of ketones is 1. The maximum absolute atomic E-state index is 13.2. The fourth-order valence-electron chi connectivity index (χ4n) is 4.31. The van der Waals surface area contributed by atoms with Crippen molar-refractivity contribution in [2.24, 2.45) is 0 Å². The molecule has 6 heteroatoms. The van der Waals surface area contributed by atoms with Crippen LogP contribution < -0.4 is 0 Å². The Morgan fingerprint density at radius 3 is 2.66 bits per heavy atom. The van der Waals surface area contributed by atoms with Crippen molar-refractivity contribution in [3.63, 3.8) is 0 Å². The first-order valence-electron chi connectivity index (χ1n) is 10.4. The number of aromatic amines is 1. The highest BCUT2D eigenvalue weighted by Gasteiger charge is 2.46. The number of aliphatic hydroxyl groups excluding tert-OH is 1. The molecule has 0 aliphatic carbocycles. The minimum atomic E-state index is -0.717. The number of nitrogens with one attached hydrogen (secondary N) is 1. The minimum Gasteiger partial charge on any atom is -0.507 e. The SMILES string of the molecule is Cc1cccc(C2/C(=C(/O)c3c[nH]c4ccccc34)C(=O)C(=O)N2Cc2ccccn2)c1. The first kappa shape index (κ1) is 19.8. The number of benzene rings is 2. The van der Waals surface area contributed by atoms with Crippen molar-refractivity contribution >= 4 is 28.4 Å². The predicted octanol–water partition coefficient (Wildman–Crippen LogP) is 4.49. The molecular weight excluding hydrogens is 402 g/mol. The second-order valence-corrected chi connectivity index (χ2v) is 7.91. The first-order chi connectivity index (χ1) is 15.5. The molecule has 2 aromatic carbocycles. The van der Waals surface area contributed by atoms with Crippen molar-refractivity contribution in [2.45, 2.75) is 19.5 Å². The van der Waals surface area contributed by atoms with E-state index in [4.69, 9.17) is 0 Å². The second kappa shape index (κ2) is 7.81. The highest BCUT2D eigenvalue weighted by molar-refractivity contribution is 6.46. The molecule has 1 unspecified atom stereocenters. The third-order valence-electron chi connectivity index (χ3n) is 5.80. The number of aliphatic hydroxyl groups is 1. The van der Waals surface area contributed by atoms with Gasteiger partial charge in [0.1, 0.15) is 5.76 Å². The van der Waals surface area contributed by atoms with E-state index >= 15 is 0 Å². The summed E-state index contributed by atoms with van der Waals surface area (Å²) in [4.78, 5) is 35.3. The minimum absolute atomic E-state index is 0.0845. The van der Waals surface area contributed by atoms with E-state index in [2.05, 4.69) is 9.97 Å². The first-order valence-corrected chi connectivity index (χ1v) is 10.4. The van der Waals surface area contributed by atoms with Crippen LogP contribution in [0.5, 0.6) is 0 Å². The molecule has 32 heavy (non-hydrogen) atoms. The third kappa shape index (κ3) is 3.26. The van der Waals surface area contributed by atoms with Crippen LogP contribution in [-0.2, 0) is 16.1 Å². The summed E-state index contributed by atoms with van der Waals surface area (Å²) in [5.41, 5.74) is 3.85. The van der Waals surface area contributed by atoms with Crippen molar-refractivity contribution in [3.05, 3.63) is 107 Å². The molecule has 6 nitrogen and oxygen atoms in total. The standard InChI is InChI=1S/C26H21N3O3/c1-16-7-6-8-17(13-16)23-22(24(30)20-14-28-21-11-3-2-10-19(20)21)25(31)26(32)29(23)15-18-9-4-5-12-27-18/h2-14,23,28,30H,15H2,1H3/b24-22-. The van der Waals surface area contributed by atoms with Crippen molar-refractivity contribution in [1.29, 1.82) is 0 Å². The summed E-state index contributed by atoms with van der Waals surface area (Å²) in [6.07, 6.45) is 3.32. The van der Waals surface area contributed by atoms with E-state index in [1.165, 1.54) is 4.90 Å². The average Bonchev–Trinajstić information content (AvgIpc) is 3.34. The van der Waals surface area contributed by atoms with Crippen LogP contribution in [-0.4, -0.2) is 31.7 Å². The number of H-pyrrole nitrogens is 1. The van der Waals surface area contributed by atoms with Gasteiger partial charge in [-0.25, -0.2) is 0 Å². The van der Waals surface area contributed by atoms with Crippen LogP contribution in [0.2, 0.25) is 0 Å². The molecule has 1 atom stereocenters. The zero-order chi connectivity index (χ0) is 22.2. The van der Waals surface area contributed by atoms with Gasteiger partial charge in [-0.15, -0.1) is 0 Å². The molecule has 0 saturated carbocycles. The number of aryl methyl sites for hydroxylation is 1. The lowest BCUT2D eigenvalue weighted by atomic mass is 9.94. The third-order valence-corrected chi connectivity index (χ3v) is 5.80. The second-order valence-electron chi connectivity index (χ2n) is 7.91. The quantitative estimate of drug-likeness (QED) is 0.288. The Hall–Kier alpha value is -4.19. The number of likely N-dealkylation sites (tertiary alicyclic amines) is 1. The van der Waals surface area contributed by atoms with Crippen molar-refractivity contribution in [2.75, 3.05) is 0 Å². The zero-order valence-electron chi connectivity index (χ0n) is 17.4. The summed E-state index contributed by atoms with van der Waals surface area (Å²) in [5.74, 6) is -1.53. The lowest BCUT2D eigenvalue weighted by Gasteiger charge is -2.25. The normalized spacial score (nSPS) is 17.9. The number of carbonyl (C=O) groups is 2. The summed E-state index contributed by atoms with van der Waals surface area (Å²) in [6, 6.07) is 19.9. The van der Waals surface area contributed by atoms with E-state index in [0.717, 1.165) is 22.0 Å². The van der Waals surface area contributed by atoms with Gasteiger partial charge < -0.3 is 15.0 Å². The molecule has 1 saturated heterocycles. The Balaban J connectivity index is 1.70. The summed E-state index contributed by atoms with van der Waals surface area (Å²) in [7, 11) is 0. The van der Waals surface area contributed by atoms with E-state index in [0.29, 0.717) is 11.3 Å². The van der Waals surface area contributed by atoms with Gasteiger partial charge in [-0.05, 0) is 30.7 Å². The lowest BCUT2D eigenvalue weighted by molar-refractivity contribution is -0.140. The van der Waals surface area contributed by atoms with Crippen molar-refractivity contribution in [1.82, 2.24) is 14.9 Å². The molecule has 0 bridgehead atoms. The Kier molecular flexibility index (Phi) is 4.82. The van der Waals surface area contributed by atoms with Crippen LogP contribution in [0.3, 0.4) is 0 Å². The molecule has 3 heterocycles. The number of para-hydroxylation sites is 1. The highest BCUT2D eigenvalue weighted by Crippen LogP contribution is 2.41. The number of carbonyl (C=O) groups excluding carboxylic acids is 2. The maximum atomic E-state index is 13.2. The van der Waals surface area contributed by atoms with Gasteiger partial charge in [0.05, 0.1) is 23.9 Å². The molecule has 5 rings (SSSR count). The highest BCUT2D eigenvalue weighted by atomic mass is 16.3. The molecule has 2 aromatic heterocycles. The monoisotopic (exact) mass is 423 g/mol. The topological polar surface area (TPSA) is 86.3 Å². The Labute approximate surface area is 184 Å². The summed E-state index contributed by atoms with van der Waals surface area (Å²) < 4.78 is 0. The van der Waals surface area contributed by atoms with Gasteiger partial charge in [-0.1, -0.05) is 54.1 Å². The number of fused-ring (bicyclic) bond motifs is 1. The summed E-state index contributed by atoms with van der Waals surface area (Å²) in [5, 5.41) is 12.1. The van der Waals surface area contributed by atoms with Gasteiger partial charge in [0, 0.05) is 28.9 Å². The Bertz CT molecular complexity index is 1370. The summed E-state index contributed by atoms with van der Waals surface area (Å²) >= 11 is 0. The number of amides is 1. The Morgan fingerprint density at radius 2 is 1.88 bits per heavy atom. The number of aromatic nitrogens is 2. The van der Waals surface area contributed by atoms with Crippen LogP contribution in [0.1, 0.15) is 28.4 Å². The number of Topliss-reactive ketones (excluding diaryl/α,β-unsaturated/α-hetero) is 1. The summed E-state index contributed by atoms with van der Waals surface area (Å²) in [6.45, 7) is 2.11. The predicted molar refractivity (Wildman–Crippen MR) is 122 cm³/mol. The molecular formula is C26H21N3O3. The van der Waals surface area contributed by atoms with Gasteiger partial charge in [0.25, 0.3) is 11.7 Å². The number of rotatable bonds is 4. The van der Waals surface area contributed by atoms with E-state index in [1.807, 2.05) is 67.6 Å². The van der Waals surface area contributed by atoms with Crippen LogP contribution in [0.25, 0.3) is 16.7 Å². The number of hydrogen-bond acceptors (Lipinski definition) is 4. The van der Waals surface area contributed by atoms with Crippen molar-refractivity contribution in [3.8, 4) is 0 Å². The smallest absolute Gasteiger partial charge is 0.296 e. The molecule has 4 aromatic rings. The van der Waals surface area contributed by atoms with Gasteiger partial charge >= 0.3 is 0 Å². The molecule has 158 valence electrons. The molecule has 2 N–H and O–H groups in total. The van der Waals surface area contributed by atoms with E-state index in [-0.39, 0.29) is 17.9 Å². The molecule has 1 amide bonds. The molecule has 0 spiro atoms. The van der Waals surface area contributed by atoms with Crippen LogP contribution in [0, 0.1) is 6.92 Å². The van der Waals surface area contributed by atoms with E-state index < -0.39 is 17.7 Å². The fraction of sp³-hybridized carbons (Fsp3) is 0.115. The maximum Gasteiger partial charge on any atom is 0.296 e. The van der Waals surface area contributed by atoms with Gasteiger partial charge in [0.2, 0.25) is 0 Å². The number of hydrogen-bond donors (Lipinski definition) is 2. The van der Waals surface area contributed by atoms with Crippen LogP contribution >= 0.6 is 0 Å². The van der Waals surface area contributed by atoms with Gasteiger partial charge in [-0.3, -0.25) is 14.6 Å². The number of pyridine rings is 1. The van der Waals surface area contributed by atoms with E-state index in [9.17, 15) is 14.7 Å². The number of nitrogens with zero attached hydrogens (tertiary/aromatic N) is 2. The van der Waals surface area contributed by atoms with Crippen LogP contribution in [0.4, 0.5) is 0 Å². The molecule has 1 fully saturated rings. The average molecular weight is 423 g/mol.